The topological polar surface area (TPSA) is 44.7 Å². The number of nitrogens with one attached hydrogen (secondary N) is 1. The molecule has 4 nitrogen and oxygen atoms in total. The molecule has 0 amide bonds. The molecule has 0 aliphatic carbocycles. The summed E-state index contributed by atoms with van der Waals surface area (Å²) in [4.78, 5) is 2.10. The molecule has 0 unspecified atom stereocenters. The molecule has 2 aromatic carbocycles. The van der Waals surface area contributed by atoms with Crippen molar-refractivity contribution in [3.8, 4) is 5.75 Å². The lowest BCUT2D eigenvalue weighted by molar-refractivity contribution is 0.0744. The molecular weight excluding hydrogens is 344 g/mol. The Bertz CT molecular complexity index is 607. The highest BCUT2D eigenvalue weighted by Crippen LogP contribution is 2.13. The standard InChI is InChI=1S/C21H30N2O2S/c1-23(15-19-6-4-3-5-7-19)16-20(24)17-25-21-10-8-18(9-11-21)14-22-12-13-26-2/h3-11,20,22,24H,12-17H2,1-2H3/t20-/m0/s1. The second-order valence-electron chi connectivity index (χ2n) is 6.46. The summed E-state index contributed by atoms with van der Waals surface area (Å²) in [6, 6.07) is 18.3. The number of aliphatic hydroxyl groups excluding tert-OH is 1. The summed E-state index contributed by atoms with van der Waals surface area (Å²) in [5.74, 6) is 1.92. The van der Waals surface area contributed by atoms with Gasteiger partial charge in [-0.25, -0.2) is 0 Å². The average molecular weight is 375 g/mol. The zero-order valence-corrected chi connectivity index (χ0v) is 16.5. The van der Waals surface area contributed by atoms with E-state index < -0.39 is 6.10 Å². The van der Waals surface area contributed by atoms with E-state index in [0.29, 0.717) is 13.2 Å². The number of nitrogens with zero attached hydrogens (tertiary/aromatic N) is 1. The maximum Gasteiger partial charge on any atom is 0.119 e. The van der Waals surface area contributed by atoms with Crippen molar-refractivity contribution < 1.29 is 9.84 Å². The minimum absolute atomic E-state index is 0.296. The van der Waals surface area contributed by atoms with Crippen molar-refractivity contribution in [2.24, 2.45) is 0 Å². The van der Waals surface area contributed by atoms with Crippen LogP contribution in [0.2, 0.25) is 0 Å². The van der Waals surface area contributed by atoms with E-state index in [2.05, 4.69) is 40.7 Å². The van der Waals surface area contributed by atoms with Gasteiger partial charge in [0, 0.05) is 31.9 Å². The summed E-state index contributed by atoms with van der Waals surface area (Å²) in [7, 11) is 2.01. The van der Waals surface area contributed by atoms with Crippen LogP contribution >= 0.6 is 11.8 Å². The molecule has 26 heavy (non-hydrogen) atoms. The second kappa shape index (κ2) is 12.0. The van der Waals surface area contributed by atoms with Crippen LogP contribution in [0, 0.1) is 0 Å². The third-order valence-electron chi connectivity index (χ3n) is 4.00. The van der Waals surface area contributed by atoms with Crippen LogP contribution in [0.1, 0.15) is 11.1 Å². The highest BCUT2D eigenvalue weighted by molar-refractivity contribution is 7.98. The molecule has 142 valence electrons. The normalized spacial score (nSPS) is 12.3. The molecule has 0 spiro atoms. The van der Waals surface area contributed by atoms with Crippen molar-refractivity contribution in [3.63, 3.8) is 0 Å². The van der Waals surface area contributed by atoms with Crippen LogP contribution in [0.15, 0.2) is 54.6 Å². The molecule has 0 heterocycles. The lowest BCUT2D eigenvalue weighted by Crippen LogP contribution is -2.32. The monoisotopic (exact) mass is 374 g/mol. The first-order chi connectivity index (χ1) is 12.7. The van der Waals surface area contributed by atoms with Crippen LogP contribution in [0.25, 0.3) is 0 Å². The van der Waals surface area contributed by atoms with E-state index in [0.717, 1.165) is 31.1 Å². The summed E-state index contributed by atoms with van der Waals surface area (Å²) in [6.07, 6.45) is 1.60. The molecule has 1 atom stereocenters. The van der Waals surface area contributed by atoms with Crippen molar-refractivity contribution in [1.82, 2.24) is 10.2 Å². The molecule has 0 bridgehead atoms. The van der Waals surface area contributed by atoms with Gasteiger partial charge in [-0.15, -0.1) is 0 Å². The third-order valence-corrected chi connectivity index (χ3v) is 4.61. The summed E-state index contributed by atoms with van der Waals surface area (Å²) in [5, 5.41) is 13.6. The van der Waals surface area contributed by atoms with Crippen LogP contribution in [0.5, 0.6) is 5.75 Å². The molecule has 2 aromatic rings. The Morgan fingerprint density at radius 1 is 1.08 bits per heavy atom. The SMILES string of the molecule is CSCCNCc1ccc(OC[C@@H](O)CN(C)Cc2ccccc2)cc1. The Kier molecular flexibility index (Phi) is 9.56. The highest BCUT2D eigenvalue weighted by Gasteiger charge is 2.09. The van der Waals surface area contributed by atoms with E-state index in [-0.39, 0.29) is 0 Å². The van der Waals surface area contributed by atoms with Gasteiger partial charge < -0.3 is 15.2 Å². The van der Waals surface area contributed by atoms with Gasteiger partial charge in [0.05, 0.1) is 0 Å². The Balaban J connectivity index is 1.67. The van der Waals surface area contributed by atoms with E-state index in [9.17, 15) is 5.11 Å². The molecule has 0 aromatic heterocycles. The van der Waals surface area contributed by atoms with E-state index in [4.69, 9.17) is 4.74 Å². The molecule has 2 N–H and O–H groups in total. The molecule has 0 aliphatic rings. The first kappa shape index (κ1) is 20.8. The predicted octanol–water partition coefficient (Wildman–Crippen LogP) is 3.01. The van der Waals surface area contributed by atoms with Gasteiger partial charge in [-0.1, -0.05) is 42.5 Å². The molecule has 0 saturated heterocycles. The van der Waals surface area contributed by atoms with Crippen molar-refractivity contribution >= 4 is 11.8 Å². The van der Waals surface area contributed by atoms with Gasteiger partial charge in [0.25, 0.3) is 0 Å². The third kappa shape index (κ3) is 8.23. The fourth-order valence-electron chi connectivity index (χ4n) is 2.68. The van der Waals surface area contributed by atoms with Crippen LogP contribution in [-0.2, 0) is 13.1 Å². The minimum Gasteiger partial charge on any atom is -0.491 e. The summed E-state index contributed by atoms with van der Waals surface area (Å²) in [6.45, 7) is 3.57. The van der Waals surface area contributed by atoms with Crippen LogP contribution < -0.4 is 10.1 Å². The average Bonchev–Trinajstić information content (AvgIpc) is 2.65. The summed E-state index contributed by atoms with van der Waals surface area (Å²) >= 11 is 1.84. The quantitative estimate of drug-likeness (QED) is 0.559. The first-order valence-electron chi connectivity index (χ1n) is 8.99. The maximum absolute atomic E-state index is 10.2. The number of ether oxygens (including phenoxy) is 1. The van der Waals surface area contributed by atoms with E-state index in [1.54, 1.807) is 0 Å². The van der Waals surface area contributed by atoms with E-state index >= 15 is 0 Å². The van der Waals surface area contributed by atoms with Gasteiger partial charge in [-0.3, -0.25) is 4.90 Å². The number of rotatable bonds is 12. The minimum atomic E-state index is -0.517. The van der Waals surface area contributed by atoms with E-state index in [1.807, 2.05) is 49.1 Å². The smallest absolute Gasteiger partial charge is 0.119 e. The van der Waals surface area contributed by atoms with Crippen molar-refractivity contribution in [1.29, 1.82) is 0 Å². The Hall–Kier alpha value is -1.53. The predicted molar refractivity (Wildman–Crippen MR) is 111 cm³/mol. The molecule has 2 rings (SSSR count). The number of hydrogen-bond acceptors (Lipinski definition) is 5. The van der Waals surface area contributed by atoms with E-state index in [1.165, 1.54) is 11.1 Å². The summed E-state index contributed by atoms with van der Waals surface area (Å²) < 4.78 is 5.72. The molecule has 0 radical (unpaired) electrons. The van der Waals surface area contributed by atoms with Crippen LogP contribution in [0.4, 0.5) is 0 Å². The van der Waals surface area contributed by atoms with Crippen LogP contribution in [-0.4, -0.2) is 54.9 Å². The van der Waals surface area contributed by atoms with Gasteiger partial charge >= 0.3 is 0 Å². The number of benzene rings is 2. The maximum atomic E-state index is 10.2. The molecule has 5 heteroatoms. The van der Waals surface area contributed by atoms with Crippen LogP contribution in [0.3, 0.4) is 0 Å². The molecule has 0 fully saturated rings. The number of aliphatic hydroxyl groups is 1. The zero-order chi connectivity index (χ0) is 18.6. The highest BCUT2D eigenvalue weighted by atomic mass is 32.2. The molecule has 0 aliphatic heterocycles. The van der Waals surface area contributed by atoms with Gasteiger partial charge in [-0.05, 0) is 36.6 Å². The number of hydrogen-bond donors (Lipinski definition) is 2. The fourth-order valence-corrected chi connectivity index (χ4v) is 3.02. The Labute approximate surface area is 161 Å². The first-order valence-corrected chi connectivity index (χ1v) is 10.4. The largest absolute Gasteiger partial charge is 0.491 e. The second-order valence-corrected chi connectivity index (χ2v) is 7.45. The lowest BCUT2D eigenvalue weighted by Gasteiger charge is -2.21. The molecular formula is C21H30N2O2S. The summed E-state index contributed by atoms with van der Waals surface area (Å²) in [5.41, 5.74) is 2.48. The van der Waals surface area contributed by atoms with Crippen molar-refractivity contribution in [2.45, 2.75) is 19.2 Å². The van der Waals surface area contributed by atoms with Gasteiger partial charge in [0.15, 0.2) is 0 Å². The van der Waals surface area contributed by atoms with Gasteiger partial charge in [0.2, 0.25) is 0 Å². The Morgan fingerprint density at radius 2 is 1.81 bits per heavy atom. The van der Waals surface area contributed by atoms with Gasteiger partial charge in [-0.2, -0.15) is 11.8 Å². The number of thioether (sulfide) groups is 1. The van der Waals surface area contributed by atoms with Crippen molar-refractivity contribution in [2.75, 3.05) is 38.8 Å². The Morgan fingerprint density at radius 3 is 2.50 bits per heavy atom. The molecule has 0 saturated carbocycles. The number of likely N-dealkylation sites (N-methyl/N-ethyl adjacent to an activating group) is 1. The zero-order valence-electron chi connectivity index (χ0n) is 15.7. The van der Waals surface area contributed by atoms with Crippen molar-refractivity contribution in [3.05, 3.63) is 65.7 Å². The van der Waals surface area contributed by atoms with Gasteiger partial charge in [0.1, 0.15) is 18.5 Å². The fraction of sp³-hybridized carbons (Fsp3) is 0.429. The lowest BCUT2D eigenvalue weighted by atomic mass is 10.2.